The molecule has 11 heteroatoms. The Morgan fingerprint density at radius 3 is 2.43 bits per heavy atom. The van der Waals surface area contributed by atoms with Crippen LogP contribution in [0.15, 0.2) is 48.5 Å². The molecular weight excluding hydrogens is 433 g/mol. The van der Waals surface area contributed by atoms with E-state index in [2.05, 4.69) is 10.6 Å². The summed E-state index contributed by atoms with van der Waals surface area (Å²) in [5.74, 6) is -0.966. The van der Waals surface area contributed by atoms with Crippen LogP contribution in [0.4, 0.5) is 11.4 Å². The fraction of sp³-hybridized carbons (Fsp3) is 0.176. The molecule has 2 amide bonds. The first-order valence-electron chi connectivity index (χ1n) is 7.73. The number of rotatable bonds is 6. The number of alkyl halides is 3. The van der Waals surface area contributed by atoms with Gasteiger partial charge in [0.15, 0.2) is 0 Å². The third kappa shape index (κ3) is 5.98. The lowest BCUT2D eigenvalue weighted by Gasteiger charge is -2.26. The predicted octanol–water partition coefficient (Wildman–Crippen LogP) is 4.06. The average Bonchev–Trinajstić information content (AvgIpc) is 2.60. The van der Waals surface area contributed by atoms with E-state index in [0.717, 1.165) is 0 Å². The largest absolute Gasteiger partial charge is 0.466 e. The molecule has 0 heterocycles. The van der Waals surface area contributed by atoms with Crippen LogP contribution in [0.2, 0.25) is 0 Å². The van der Waals surface area contributed by atoms with Crippen LogP contribution in [0.5, 0.6) is 5.75 Å². The molecule has 2 aromatic carbocycles. The van der Waals surface area contributed by atoms with E-state index in [1.807, 2.05) is 0 Å². The maximum atomic E-state index is 12.5. The van der Waals surface area contributed by atoms with Crippen molar-refractivity contribution in [1.29, 1.82) is 0 Å². The van der Waals surface area contributed by atoms with Crippen LogP contribution < -0.4 is 15.4 Å². The molecule has 0 bridgehead atoms. The minimum Gasteiger partial charge on any atom is -0.466 e. The first kappa shape index (κ1) is 21.7. The molecule has 0 radical (unpaired) electrons. The van der Waals surface area contributed by atoms with Crippen molar-refractivity contribution in [3.05, 3.63) is 64.2 Å². The van der Waals surface area contributed by atoms with Gasteiger partial charge in [-0.15, -0.1) is 0 Å². The van der Waals surface area contributed by atoms with Gasteiger partial charge in [0.2, 0.25) is 15.9 Å². The zero-order valence-electron chi connectivity index (χ0n) is 14.3. The smallest absolute Gasteiger partial charge is 0.282 e. The number of nitrogens with zero attached hydrogens (tertiary/aromatic N) is 1. The summed E-state index contributed by atoms with van der Waals surface area (Å²) in [5.41, 5.74) is -0.198. The van der Waals surface area contributed by atoms with Gasteiger partial charge >= 0.3 is 0 Å². The first-order valence-corrected chi connectivity index (χ1v) is 8.86. The summed E-state index contributed by atoms with van der Waals surface area (Å²) in [5, 5.41) is 16.0. The quantitative estimate of drug-likeness (QED) is 0.301. The van der Waals surface area contributed by atoms with Crippen molar-refractivity contribution in [2.75, 3.05) is 5.32 Å². The van der Waals surface area contributed by atoms with E-state index in [1.165, 1.54) is 43.3 Å². The lowest BCUT2D eigenvalue weighted by Crippen LogP contribution is -2.48. The normalized spacial score (nSPS) is 12.0. The van der Waals surface area contributed by atoms with Crippen molar-refractivity contribution >= 4 is 58.0 Å². The van der Waals surface area contributed by atoms with E-state index < -0.39 is 26.5 Å². The van der Waals surface area contributed by atoms with Gasteiger partial charge < -0.3 is 15.4 Å². The second-order valence-electron chi connectivity index (χ2n) is 5.50. The maximum Gasteiger partial charge on any atom is 0.282 e. The second-order valence-corrected chi connectivity index (χ2v) is 7.87. The minimum atomic E-state index is -2.09. The lowest BCUT2D eigenvalue weighted by molar-refractivity contribution is -0.385. The molecule has 2 aromatic rings. The molecule has 2 rings (SSSR count). The van der Waals surface area contributed by atoms with E-state index in [1.54, 1.807) is 12.1 Å². The maximum absolute atomic E-state index is 12.5. The summed E-state index contributed by atoms with van der Waals surface area (Å²) in [6, 6.07) is 11.5. The third-order valence-corrected chi connectivity index (χ3v) is 3.91. The fourth-order valence-corrected chi connectivity index (χ4v) is 2.48. The van der Waals surface area contributed by atoms with Crippen LogP contribution >= 0.6 is 34.8 Å². The van der Waals surface area contributed by atoms with Gasteiger partial charge in [-0.1, -0.05) is 53.0 Å². The predicted molar refractivity (Wildman–Crippen MR) is 106 cm³/mol. The highest BCUT2D eigenvalue weighted by atomic mass is 35.6. The van der Waals surface area contributed by atoms with E-state index in [-0.39, 0.29) is 17.2 Å². The number of halogens is 3. The molecule has 1 unspecified atom stereocenters. The number of carbonyl (C=O) groups is 2. The Labute approximate surface area is 174 Å². The molecule has 0 aliphatic carbocycles. The number of anilines is 1. The Morgan fingerprint density at radius 2 is 1.82 bits per heavy atom. The average molecular weight is 447 g/mol. The summed E-state index contributed by atoms with van der Waals surface area (Å²) in [7, 11) is 0. The molecule has 8 nitrogen and oxygen atoms in total. The van der Waals surface area contributed by atoms with Crippen molar-refractivity contribution in [2.24, 2.45) is 0 Å². The molecule has 0 spiro atoms. The Bertz CT molecular complexity index is 902. The van der Waals surface area contributed by atoms with Crippen LogP contribution in [-0.4, -0.2) is 26.8 Å². The number of nitro benzene ring substituents is 1. The van der Waals surface area contributed by atoms with Crippen molar-refractivity contribution in [1.82, 2.24) is 5.32 Å². The Hall–Kier alpha value is -2.55. The Balaban J connectivity index is 2.25. The summed E-state index contributed by atoms with van der Waals surface area (Å²) in [6.07, 6.45) is -1.47. The fourth-order valence-electron chi connectivity index (χ4n) is 2.19. The van der Waals surface area contributed by atoms with Crippen molar-refractivity contribution in [2.45, 2.75) is 16.9 Å². The summed E-state index contributed by atoms with van der Waals surface area (Å²) in [4.78, 5) is 34.1. The summed E-state index contributed by atoms with van der Waals surface area (Å²) < 4.78 is 3.45. The molecule has 0 aliphatic heterocycles. The van der Waals surface area contributed by atoms with E-state index >= 15 is 0 Å². The zero-order valence-corrected chi connectivity index (χ0v) is 16.6. The number of ether oxygens (including phenoxy) is 1. The molecule has 0 aromatic heterocycles. The van der Waals surface area contributed by atoms with Crippen LogP contribution in [0.3, 0.4) is 0 Å². The van der Waals surface area contributed by atoms with Crippen LogP contribution in [0, 0.1) is 10.1 Å². The van der Waals surface area contributed by atoms with Crippen molar-refractivity contribution in [3.63, 3.8) is 0 Å². The number of carbonyl (C=O) groups excluding carboxylic acids is 2. The highest BCUT2D eigenvalue weighted by molar-refractivity contribution is 6.68. The number of benzene rings is 2. The molecule has 2 N–H and O–H groups in total. The molecule has 0 fully saturated rings. The monoisotopic (exact) mass is 445 g/mol. The molecule has 0 aliphatic rings. The Kier molecular flexibility index (Phi) is 7.06. The highest BCUT2D eigenvalue weighted by Crippen LogP contribution is 2.33. The van der Waals surface area contributed by atoms with Gasteiger partial charge in [-0.25, -0.2) is 0 Å². The SMILES string of the molecule is CC(=O)Nc1cccc(OC(NC(=O)c2ccccc2[N+](=O)[O-])C(Cl)(Cl)Cl)c1. The minimum absolute atomic E-state index is 0.186. The van der Waals surface area contributed by atoms with Gasteiger partial charge in [-0.2, -0.15) is 0 Å². The number of hydrogen-bond donors (Lipinski definition) is 2. The third-order valence-electron chi connectivity index (χ3n) is 3.31. The van der Waals surface area contributed by atoms with Gasteiger partial charge in [0.05, 0.1) is 4.92 Å². The summed E-state index contributed by atoms with van der Waals surface area (Å²) in [6.45, 7) is 1.34. The molecule has 0 saturated carbocycles. The van der Waals surface area contributed by atoms with E-state index in [9.17, 15) is 19.7 Å². The van der Waals surface area contributed by atoms with Crippen molar-refractivity contribution in [3.8, 4) is 5.75 Å². The topological polar surface area (TPSA) is 111 Å². The van der Waals surface area contributed by atoms with Crippen LogP contribution in [0.25, 0.3) is 0 Å². The van der Waals surface area contributed by atoms with Crippen LogP contribution in [-0.2, 0) is 4.79 Å². The number of para-hydroxylation sites is 1. The first-order chi connectivity index (χ1) is 13.1. The molecule has 148 valence electrons. The highest BCUT2D eigenvalue weighted by Gasteiger charge is 2.37. The van der Waals surface area contributed by atoms with Crippen molar-refractivity contribution < 1.29 is 19.2 Å². The molecule has 28 heavy (non-hydrogen) atoms. The lowest BCUT2D eigenvalue weighted by atomic mass is 10.1. The summed E-state index contributed by atoms with van der Waals surface area (Å²) >= 11 is 17.7. The van der Waals surface area contributed by atoms with E-state index in [4.69, 9.17) is 39.5 Å². The van der Waals surface area contributed by atoms with Gasteiger partial charge in [0, 0.05) is 24.7 Å². The number of amides is 2. The number of nitro groups is 1. The van der Waals surface area contributed by atoms with Gasteiger partial charge in [0.1, 0.15) is 11.3 Å². The number of nitrogens with one attached hydrogen (secondary N) is 2. The van der Waals surface area contributed by atoms with Gasteiger partial charge in [0.25, 0.3) is 11.6 Å². The standard InChI is InChI=1S/C17H14Cl3N3O5/c1-10(24)21-11-5-4-6-12(9-11)28-16(17(18,19)20)22-15(25)13-7-2-3-8-14(13)23(26)27/h2-9,16H,1H3,(H,21,24)(H,22,25). The zero-order chi connectivity index (χ0) is 20.9. The van der Waals surface area contributed by atoms with Crippen LogP contribution in [0.1, 0.15) is 17.3 Å². The molecular formula is C17H14Cl3N3O5. The molecule has 1 atom stereocenters. The van der Waals surface area contributed by atoms with E-state index in [0.29, 0.717) is 5.69 Å². The van der Waals surface area contributed by atoms with Gasteiger partial charge in [-0.3, -0.25) is 19.7 Å². The number of hydrogen-bond acceptors (Lipinski definition) is 5. The van der Waals surface area contributed by atoms with Gasteiger partial charge in [-0.05, 0) is 18.2 Å². The second kappa shape index (κ2) is 9.09. The Morgan fingerprint density at radius 1 is 1.14 bits per heavy atom. The molecule has 0 saturated heterocycles.